The van der Waals surface area contributed by atoms with Gasteiger partial charge >= 0.3 is 5.97 Å². The lowest BCUT2D eigenvalue weighted by Gasteiger charge is -2.15. The fraction of sp³-hybridized carbons (Fsp3) is 0.182. The second kappa shape index (κ2) is 8.10. The van der Waals surface area contributed by atoms with Gasteiger partial charge in [-0.2, -0.15) is 0 Å². The molecule has 144 valence electrons. The molecule has 0 aliphatic heterocycles. The standard InChI is InChI=1S/C22H23N3O3/c1-24(2)19-9-5-3-7-15(19)11-12-21(26)25-14-16(13-18(23)22(27)28)17-8-4-6-10-20(17)25/h3-12,14,18H,13,23H2,1-2H3,(H,27,28)/b12-11+. The van der Waals surface area contributed by atoms with E-state index >= 15 is 0 Å². The van der Waals surface area contributed by atoms with Crippen LogP contribution in [0.25, 0.3) is 17.0 Å². The molecular formula is C22H23N3O3. The zero-order chi connectivity index (χ0) is 20.3. The van der Waals surface area contributed by atoms with Crippen LogP contribution in [0.4, 0.5) is 5.69 Å². The van der Waals surface area contributed by atoms with Gasteiger partial charge in [-0.1, -0.05) is 36.4 Å². The summed E-state index contributed by atoms with van der Waals surface area (Å²) in [6.45, 7) is 0. The van der Waals surface area contributed by atoms with Crippen LogP contribution in [0.5, 0.6) is 0 Å². The summed E-state index contributed by atoms with van der Waals surface area (Å²) in [5.41, 5.74) is 9.10. The van der Waals surface area contributed by atoms with Crippen molar-refractivity contribution in [2.75, 3.05) is 19.0 Å². The molecule has 0 saturated heterocycles. The van der Waals surface area contributed by atoms with E-state index in [9.17, 15) is 9.59 Å². The number of aliphatic carboxylic acids is 1. The minimum absolute atomic E-state index is 0.156. The topological polar surface area (TPSA) is 88.6 Å². The van der Waals surface area contributed by atoms with Crippen LogP contribution < -0.4 is 10.6 Å². The Morgan fingerprint density at radius 3 is 2.54 bits per heavy atom. The Bertz CT molecular complexity index is 1050. The third-order valence-electron chi connectivity index (χ3n) is 4.61. The highest BCUT2D eigenvalue weighted by Crippen LogP contribution is 2.23. The highest BCUT2D eigenvalue weighted by atomic mass is 16.4. The van der Waals surface area contributed by atoms with E-state index in [4.69, 9.17) is 10.8 Å². The number of carboxylic acid groups (broad SMARTS) is 1. The van der Waals surface area contributed by atoms with E-state index in [1.807, 2.05) is 67.5 Å². The Morgan fingerprint density at radius 1 is 1.14 bits per heavy atom. The van der Waals surface area contributed by atoms with Crippen LogP contribution in [-0.4, -0.2) is 41.7 Å². The number of nitrogens with zero attached hydrogens (tertiary/aromatic N) is 2. The number of carbonyl (C=O) groups is 2. The molecule has 6 heteroatoms. The molecule has 3 aromatic rings. The van der Waals surface area contributed by atoms with Gasteiger partial charge in [0.25, 0.3) is 5.91 Å². The molecule has 3 N–H and O–H groups in total. The van der Waals surface area contributed by atoms with Crippen molar-refractivity contribution in [1.29, 1.82) is 0 Å². The highest BCUT2D eigenvalue weighted by molar-refractivity contribution is 6.01. The van der Waals surface area contributed by atoms with Crippen LogP contribution in [0.1, 0.15) is 15.9 Å². The zero-order valence-corrected chi connectivity index (χ0v) is 15.9. The van der Waals surface area contributed by atoms with Gasteiger partial charge in [-0.25, -0.2) is 0 Å². The SMILES string of the molecule is CN(C)c1ccccc1/C=C/C(=O)n1cc(CC(N)C(=O)O)c2ccccc21. The largest absolute Gasteiger partial charge is 0.480 e. The molecule has 1 aromatic heterocycles. The molecule has 2 aromatic carbocycles. The maximum absolute atomic E-state index is 12.9. The summed E-state index contributed by atoms with van der Waals surface area (Å²) in [7, 11) is 3.90. The van der Waals surface area contributed by atoms with Crippen molar-refractivity contribution in [3.05, 3.63) is 71.9 Å². The van der Waals surface area contributed by atoms with Gasteiger partial charge in [0.05, 0.1) is 5.52 Å². The number of aromatic nitrogens is 1. The maximum Gasteiger partial charge on any atom is 0.320 e. The molecule has 0 aliphatic rings. The molecule has 0 radical (unpaired) electrons. The lowest BCUT2D eigenvalue weighted by Crippen LogP contribution is -2.32. The first-order valence-electron chi connectivity index (χ1n) is 8.94. The fourth-order valence-corrected chi connectivity index (χ4v) is 3.20. The summed E-state index contributed by atoms with van der Waals surface area (Å²) in [5.74, 6) is -1.27. The third-order valence-corrected chi connectivity index (χ3v) is 4.61. The monoisotopic (exact) mass is 377 g/mol. The number of rotatable bonds is 6. The highest BCUT2D eigenvalue weighted by Gasteiger charge is 2.17. The number of allylic oxidation sites excluding steroid dienone is 1. The predicted molar refractivity (Wildman–Crippen MR) is 112 cm³/mol. The normalized spacial score (nSPS) is 12.4. The Balaban J connectivity index is 1.95. The van der Waals surface area contributed by atoms with Crippen molar-refractivity contribution in [2.24, 2.45) is 5.73 Å². The number of hydrogen-bond donors (Lipinski definition) is 2. The Kier molecular flexibility index (Phi) is 5.61. The molecule has 1 heterocycles. The van der Waals surface area contributed by atoms with Crippen LogP contribution in [-0.2, 0) is 11.2 Å². The van der Waals surface area contributed by atoms with Gasteiger partial charge in [-0.05, 0) is 29.3 Å². The summed E-state index contributed by atoms with van der Waals surface area (Å²) in [6, 6.07) is 14.2. The van der Waals surface area contributed by atoms with E-state index in [1.54, 1.807) is 12.3 Å². The number of carboxylic acids is 1. The number of fused-ring (bicyclic) bond motifs is 1. The first-order chi connectivity index (χ1) is 13.4. The van der Waals surface area contributed by atoms with Gasteiger partial charge in [-0.15, -0.1) is 0 Å². The smallest absolute Gasteiger partial charge is 0.320 e. The molecule has 6 nitrogen and oxygen atoms in total. The average Bonchev–Trinajstić information content (AvgIpc) is 3.05. The van der Waals surface area contributed by atoms with Crippen LogP contribution in [0.2, 0.25) is 0 Å². The second-order valence-corrected chi connectivity index (χ2v) is 6.82. The van der Waals surface area contributed by atoms with E-state index < -0.39 is 12.0 Å². The molecule has 0 saturated carbocycles. The van der Waals surface area contributed by atoms with E-state index in [-0.39, 0.29) is 12.3 Å². The molecule has 1 atom stereocenters. The quantitative estimate of drug-likeness (QED) is 0.645. The molecule has 0 bridgehead atoms. The van der Waals surface area contributed by atoms with Gasteiger partial charge < -0.3 is 15.7 Å². The third kappa shape index (κ3) is 3.97. The van der Waals surface area contributed by atoms with Crippen LogP contribution in [0, 0.1) is 0 Å². The number of anilines is 1. The molecule has 1 unspecified atom stereocenters. The fourth-order valence-electron chi connectivity index (χ4n) is 3.20. The van der Waals surface area contributed by atoms with Gasteiger partial charge in [0.1, 0.15) is 6.04 Å². The molecule has 0 spiro atoms. The molecule has 0 amide bonds. The van der Waals surface area contributed by atoms with Crippen molar-refractivity contribution >= 4 is 34.5 Å². The second-order valence-electron chi connectivity index (χ2n) is 6.82. The summed E-state index contributed by atoms with van der Waals surface area (Å²) in [5, 5.41) is 9.93. The number of hydrogen-bond acceptors (Lipinski definition) is 4. The lowest BCUT2D eigenvalue weighted by molar-refractivity contribution is -0.138. The number of nitrogens with two attached hydrogens (primary N) is 1. The van der Waals surface area contributed by atoms with E-state index in [0.717, 1.165) is 27.7 Å². The van der Waals surface area contributed by atoms with Crippen molar-refractivity contribution in [3.8, 4) is 0 Å². The lowest BCUT2D eigenvalue weighted by atomic mass is 10.1. The molecule has 0 fully saturated rings. The summed E-state index contributed by atoms with van der Waals surface area (Å²) >= 11 is 0. The predicted octanol–water partition coefficient (Wildman–Crippen LogP) is 3.02. The summed E-state index contributed by atoms with van der Waals surface area (Å²) in [4.78, 5) is 26.0. The van der Waals surface area contributed by atoms with Gasteiger partial charge in [0, 0.05) is 43.9 Å². The van der Waals surface area contributed by atoms with Crippen molar-refractivity contribution in [1.82, 2.24) is 4.57 Å². The van der Waals surface area contributed by atoms with Crippen molar-refractivity contribution in [3.63, 3.8) is 0 Å². The van der Waals surface area contributed by atoms with Gasteiger partial charge in [0.2, 0.25) is 0 Å². The Morgan fingerprint density at radius 2 is 1.82 bits per heavy atom. The first-order valence-corrected chi connectivity index (χ1v) is 8.94. The minimum Gasteiger partial charge on any atom is -0.480 e. The van der Waals surface area contributed by atoms with Gasteiger partial charge in [-0.3, -0.25) is 14.2 Å². The zero-order valence-electron chi connectivity index (χ0n) is 15.9. The summed E-state index contributed by atoms with van der Waals surface area (Å²) in [6.07, 6.45) is 5.14. The number of para-hydroxylation sites is 2. The van der Waals surface area contributed by atoms with Crippen molar-refractivity contribution < 1.29 is 14.7 Å². The number of carbonyl (C=O) groups excluding carboxylic acids is 1. The number of benzene rings is 2. The van der Waals surface area contributed by atoms with Crippen LogP contribution in [0.15, 0.2) is 60.8 Å². The molecule has 0 aliphatic carbocycles. The van der Waals surface area contributed by atoms with E-state index in [1.165, 1.54) is 10.6 Å². The average molecular weight is 377 g/mol. The Labute approximate surface area is 163 Å². The van der Waals surface area contributed by atoms with Crippen LogP contribution >= 0.6 is 0 Å². The van der Waals surface area contributed by atoms with E-state index in [2.05, 4.69) is 0 Å². The maximum atomic E-state index is 12.9. The van der Waals surface area contributed by atoms with E-state index in [0.29, 0.717) is 0 Å². The minimum atomic E-state index is -1.07. The molecule has 3 rings (SSSR count). The first kappa shape index (κ1) is 19.4. The molecular weight excluding hydrogens is 354 g/mol. The van der Waals surface area contributed by atoms with Gasteiger partial charge in [0.15, 0.2) is 0 Å². The summed E-state index contributed by atoms with van der Waals surface area (Å²) < 4.78 is 1.54. The van der Waals surface area contributed by atoms with Crippen LogP contribution in [0.3, 0.4) is 0 Å². The van der Waals surface area contributed by atoms with Crippen molar-refractivity contribution in [2.45, 2.75) is 12.5 Å². The molecule has 28 heavy (non-hydrogen) atoms. The Hall–Kier alpha value is -3.38.